The van der Waals surface area contributed by atoms with Crippen molar-refractivity contribution in [1.82, 2.24) is 15.0 Å². The third kappa shape index (κ3) is 5.49. The molecule has 9 nitrogen and oxygen atoms in total. The van der Waals surface area contributed by atoms with Gasteiger partial charge in [0.1, 0.15) is 17.2 Å². The van der Waals surface area contributed by atoms with Gasteiger partial charge in [0, 0.05) is 11.6 Å². The number of benzene rings is 3. The summed E-state index contributed by atoms with van der Waals surface area (Å²) in [5, 5.41) is 4.90. The SMILES string of the molecule is COc1ccc(-n2c(SCC(=O)NN=Cc3ccc(OC)cc3OC)nc3ccccc3c2=O)cc1. The molecule has 4 rings (SSSR count). The molecule has 0 aliphatic rings. The molecular formula is C26H24N4O5S. The van der Waals surface area contributed by atoms with Crippen LogP contribution in [0, 0.1) is 0 Å². The summed E-state index contributed by atoms with van der Waals surface area (Å²) in [4.78, 5) is 30.5. The summed E-state index contributed by atoms with van der Waals surface area (Å²) in [6, 6.07) is 19.4. The maximum absolute atomic E-state index is 13.3. The molecule has 0 fully saturated rings. The first-order chi connectivity index (χ1) is 17.5. The van der Waals surface area contributed by atoms with Crippen LogP contribution in [-0.2, 0) is 4.79 Å². The fourth-order valence-electron chi connectivity index (χ4n) is 3.43. The average molecular weight is 505 g/mol. The predicted molar refractivity (Wildman–Crippen MR) is 140 cm³/mol. The molecule has 0 aliphatic carbocycles. The van der Waals surface area contributed by atoms with Crippen LogP contribution in [0.15, 0.2) is 81.8 Å². The summed E-state index contributed by atoms with van der Waals surface area (Å²) in [7, 11) is 4.69. The monoisotopic (exact) mass is 504 g/mol. The number of para-hydroxylation sites is 1. The average Bonchev–Trinajstić information content (AvgIpc) is 2.92. The Bertz CT molecular complexity index is 1470. The van der Waals surface area contributed by atoms with Gasteiger partial charge in [0.05, 0.1) is 49.9 Å². The zero-order valence-corrected chi connectivity index (χ0v) is 20.7. The van der Waals surface area contributed by atoms with Gasteiger partial charge in [-0.25, -0.2) is 10.4 Å². The summed E-state index contributed by atoms with van der Waals surface area (Å²) >= 11 is 1.14. The maximum atomic E-state index is 13.3. The normalized spacial score (nSPS) is 11.0. The van der Waals surface area contributed by atoms with Crippen molar-refractivity contribution in [2.45, 2.75) is 5.16 Å². The van der Waals surface area contributed by atoms with E-state index in [1.165, 1.54) is 10.8 Å². The van der Waals surface area contributed by atoms with Crippen molar-refractivity contribution in [2.24, 2.45) is 5.10 Å². The highest BCUT2D eigenvalue weighted by Crippen LogP contribution is 2.24. The van der Waals surface area contributed by atoms with Crippen LogP contribution in [0.2, 0.25) is 0 Å². The van der Waals surface area contributed by atoms with Crippen molar-refractivity contribution < 1.29 is 19.0 Å². The number of rotatable bonds is 9. The molecule has 36 heavy (non-hydrogen) atoms. The zero-order chi connectivity index (χ0) is 25.5. The number of nitrogens with zero attached hydrogens (tertiary/aromatic N) is 3. The van der Waals surface area contributed by atoms with E-state index in [2.05, 4.69) is 15.5 Å². The summed E-state index contributed by atoms with van der Waals surface area (Å²) < 4.78 is 17.2. The van der Waals surface area contributed by atoms with Crippen LogP contribution in [0.4, 0.5) is 0 Å². The number of aromatic nitrogens is 2. The van der Waals surface area contributed by atoms with E-state index in [1.807, 2.05) is 6.07 Å². The van der Waals surface area contributed by atoms with Gasteiger partial charge in [-0.1, -0.05) is 23.9 Å². The van der Waals surface area contributed by atoms with Crippen LogP contribution in [-0.4, -0.2) is 48.8 Å². The van der Waals surface area contributed by atoms with Gasteiger partial charge in [0.25, 0.3) is 11.5 Å². The number of ether oxygens (including phenoxy) is 3. The molecule has 0 aliphatic heterocycles. The largest absolute Gasteiger partial charge is 0.497 e. The molecular weight excluding hydrogens is 480 g/mol. The van der Waals surface area contributed by atoms with E-state index in [0.29, 0.717) is 44.6 Å². The lowest BCUT2D eigenvalue weighted by Gasteiger charge is -2.13. The minimum Gasteiger partial charge on any atom is -0.497 e. The summed E-state index contributed by atoms with van der Waals surface area (Å²) in [5.74, 6) is 1.52. The Morgan fingerprint density at radius 3 is 2.44 bits per heavy atom. The molecule has 1 aromatic heterocycles. The summed E-state index contributed by atoms with van der Waals surface area (Å²) in [6.45, 7) is 0. The van der Waals surface area contributed by atoms with Crippen LogP contribution in [0.25, 0.3) is 16.6 Å². The second-order valence-corrected chi connectivity index (χ2v) is 8.38. The molecule has 0 saturated heterocycles. The molecule has 184 valence electrons. The number of nitrogens with one attached hydrogen (secondary N) is 1. The number of hydrazone groups is 1. The fraction of sp³-hybridized carbons (Fsp3) is 0.154. The van der Waals surface area contributed by atoms with Crippen LogP contribution in [0.3, 0.4) is 0 Å². The Morgan fingerprint density at radius 1 is 1.00 bits per heavy atom. The van der Waals surface area contributed by atoms with Crippen molar-refractivity contribution >= 4 is 34.8 Å². The standard InChI is InChI=1S/C26H24N4O5S/c1-33-19-12-9-18(10-13-19)30-25(32)21-6-4-5-7-22(21)28-26(30)36-16-24(31)29-27-15-17-8-11-20(34-2)14-23(17)35-3/h4-15H,16H2,1-3H3,(H,29,31). The Hall–Kier alpha value is -4.31. The summed E-state index contributed by atoms with van der Waals surface area (Å²) in [6.07, 6.45) is 1.49. The molecule has 0 radical (unpaired) electrons. The van der Waals surface area contributed by atoms with Crippen LogP contribution >= 0.6 is 11.8 Å². The van der Waals surface area contributed by atoms with Gasteiger partial charge in [0.15, 0.2) is 5.16 Å². The van der Waals surface area contributed by atoms with Crippen molar-refractivity contribution in [2.75, 3.05) is 27.1 Å². The van der Waals surface area contributed by atoms with E-state index in [-0.39, 0.29) is 17.2 Å². The van der Waals surface area contributed by atoms with E-state index in [1.54, 1.807) is 82.0 Å². The first-order valence-corrected chi connectivity index (χ1v) is 11.9. The van der Waals surface area contributed by atoms with Crippen molar-refractivity contribution in [3.05, 3.63) is 82.6 Å². The third-order valence-electron chi connectivity index (χ3n) is 5.24. The van der Waals surface area contributed by atoms with Crippen LogP contribution in [0.1, 0.15) is 5.56 Å². The lowest BCUT2D eigenvalue weighted by atomic mass is 10.2. The number of hydrogen-bond acceptors (Lipinski definition) is 8. The topological polar surface area (TPSA) is 104 Å². The molecule has 0 bridgehead atoms. The molecule has 1 N–H and O–H groups in total. The molecule has 0 unspecified atom stereocenters. The molecule has 4 aromatic rings. The first kappa shape index (κ1) is 24.8. The minimum absolute atomic E-state index is 0.00196. The predicted octanol–water partition coefficient (Wildman–Crippen LogP) is 3.65. The lowest BCUT2D eigenvalue weighted by Crippen LogP contribution is -2.24. The zero-order valence-electron chi connectivity index (χ0n) is 19.9. The number of methoxy groups -OCH3 is 3. The van der Waals surface area contributed by atoms with E-state index in [4.69, 9.17) is 14.2 Å². The van der Waals surface area contributed by atoms with Crippen molar-refractivity contribution in [1.29, 1.82) is 0 Å². The van der Waals surface area contributed by atoms with Crippen LogP contribution in [0.5, 0.6) is 17.2 Å². The number of carbonyl (C=O) groups is 1. The van der Waals surface area contributed by atoms with Crippen molar-refractivity contribution in [3.8, 4) is 22.9 Å². The van der Waals surface area contributed by atoms with Crippen molar-refractivity contribution in [3.63, 3.8) is 0 Å². The highest BCUT2D eigenvalue weighted by atomic mass is 32.2. The van der Waals surface area contributed by atoms with Gasteiger partial charge in [-0.15, -0.1) is 0 Å². The maximum Gasteiger partial charge on any atom is 0.266 e. The highest BCUT2D eigenvalue weighted by Gasteiger charge is 2.15. The Morgan fingerprint density at radius 2 is 1.72 bits per heavy atom. The van der Waals surface area contributed by atoms with Gasteiger partial charge in [-0.05, 0) is 48.5 Å². The van der Waals surface area contributed by atoms with Gasteiger partial charge >= 0.3 is 0 Å². The number of amides is 1. The van der Waals surface area contributed by atoms with Crippen LogP contribution < -0.4 is 25.2 Å². The Balaban J connectivity index is 1.54. The van der Waals surface area contributed by atoms with Gasteiger partial charge in [-0.2, -0.15) is 5.10 Å². The molecule has 3 aromatic carbocycles. The molecule has 0 saturated carbocycles. The lowest BCUT2D eigenvalue weighted by molar-refractivity contribution is -0.118. The van der Waals surface area contributed by atoms with E-state index in [0.717, 1.165) is 11.8 Å². The second kappa shape index (κ2) is 11.4. The van der Waals surface area contributed by atoms with Gasteiger partial charge < -0.3 is 14.2 Å². The second-order valence-electron chi connectivity index (χ2n) is 7.44. The minimum atomic E-state index is -0.354. The number of fused-ring (bicyclic) bond motifs is 1. The fourth-order valence-corrected chi connectivity index (χ4v) is 4.23. The Labute approximate surface area is 211 Å². The summed E-state index contributed by atoms with van der Waals surface area (Å²) in [5.41, 5.74) is 4.12. The number of carbonyl (C=O) groups excluding carboxylic acids is 1. The van der Waals surface area contributed by atoms with Gasteiger partial charge in [0.2, 0.25) is 0 Å². The Kier molecular flexibility index (Phi) is 7.86. The third-order valence-corrected chi connectivity index (χ3v) is 6.18. The molecule has 0 atom stereocenters. The number of hydrogen-bond donors (Lipinski definition) is 1. The smallest absolute Gasteiger partial charge is 0.266 e. The number of thioether (sulfide) groups is 1. The highest BCUT2D eigenvalue weighted by molar-refractivity contribution is 7.99. The molecule has 10 heteroatoms. The van der Waals surface area contributed by atoms with E-state index >= 15 is 0 Å². The van der Waals surface area contributed by atoms with E-state index < -0.39 is 0 Å². The van der Waals surface area contributed by atoms with Gasteiger partial charge in [-0.3, -0.25) is 14.2 Å². The van der Waals surface area contributed by atoms with E-state index in [9.17, 15) is 9.59 Å². The molecule has 0 spiro atoms. The molecule has 1 heterocycles. The quantitative estimate of drug-likeness (QED) is 0.161. The first-order valence-electron chi connectivity index (χ1n) is 10.9. The molecule has 1 amide bonds.